The lowest BCUT2D eigenvalue weighted by molar-refractivity contribution is -0.0105. The molecule has 0 spiro atoms. The number of benzene rings is 1. The van der Waals surface area contributed by atoms with E-state index in [1.165, 1.54) is 0 Å². The first kappa shape index (κ1) is 14.2. The van der Waals surface area contributed by atoms with Gasteiger partial charge in [-0.15, -0.1) is 0 Å². The Morgan fingerprint density at radius 2 is 0.950 bits per heavy atom. The SMILES string of the molecule is CC1(C)c2cccc3c2C(C)(C1(C)C)C(C)(C)C3(C)C. The fraction of sp³-hybridized carbons (Fsp3) is 0.700. The summed E-state index contributed by atoms with van der Waals surface area (Å²) in [7, 11) is 0. The van der Waals surface area contributed by atoms with Crippen LogP contribution in [0.15, 0.2) is 18.2 Å². The molecule has 0 radical (unpaired) electrons. The third kappa shape index (κ3) is 1.00. The van der Waals surface area contributed by atoms with E-state index < -0.39 is 0 Å². The van der Waals surface area contributed by atoms with Crippen molar-refractivity contribution in [1.29, 1.82) is 0 Å². The maximum Gasteiger partial charge on any atom is 0.00494 e. The first-order chi connectivity index (χ1) is 8.85. The Morgan fingerprint density at radius 1 is 0.600 bits per heavy atom. The van der Waals surface area contributed by atoms with Crippen LogP contribution in [-0.2, 0) is 16.2 Å². The van der Waals surface area contributed by atoms with Gasteiger partial charge in [0.1, 0.15) is 0 Å². The summed E-state index contributed by atoms with van der Waals surface area (Å²) in [5.74, 6) is 0. The molecule has 0 saturated carbocycles. The van der Waals surface area contributed by atoms with Crippen LogP contribution in [0.25, 0.3) is 0 Å². The number of hydrogen-bond acceptors (Lipinski definition) is 0. The van der Waals surface area contributed by atoms with Crippen LogP contribution in [0, 0.1) is 10.8 Å². The van der Waals surface area contributed by atoms with Gasteiger partial charge in [0.25, 0.3) is 0 Å². The van der Waals surface area contributed by atoms with E-state index in [4.69, 9.17) is 0 Å². The Morgan fingerprint density at radius 3 is 1.30 bits per heavy atom. The summed E-state index contributed by atoms with van der Waals surface area (Å²) in [4.78, 5) is 0. The molecule has 20 heavy (non-hydrogen) atoms. The number of hydrogen-bond donors (Lipinski definition) is 0. The molecule has 0 atom stereocenters. The van der Waals surface area contributed by atoms with E-state index in [0.29, 0.717) is 0 Å². The molecule has 0 heterocycles. The number of rotatable bonds is 0. The molecular weight excluding hydrogens is 240 g/mol. The largest absolute Gasteiger partial charge is 0.0617 e. The summed E-state index contributed by atoms with van der Waals surface area (Å²) in [5, 5.41) is 0. The van der Waals surface area contributed by atoms with Crippen LogP contribution in [0.1, 0.15) is 79.0 Å². The molecule has 1 aromatic rings. The molecular formula is C20H30. The van der Waals surface area contributed by atoms with Gasteiger partial charge in [-0.05, 0) is 38.4 Å². The molecule has 0 fully saturated rings. The van der Waals surface area contributed by atoms with Crippen molar-refractivity contribution >= 4 is 0 Å². The van der Waals surface area contributed by atoms with Gasteiger partial charge in [-0.1, -0.05) is 80.5 Å². The van der Waals surface area contributed by atoms with Crippen LogP contribution in [0.3, 0.4) is 0 Å². The van der Waals surface area contributed by atoms with Crippen LogP contribution in [0.5, 0.6) is 0 Å². The third-order valence-electron chi connectivity index (χ3n) is 8.54. The molecule has 0 aliphatic heterocycles. The van der Waals surface area contributed by atoms with E-state index in [9.17, 15) is 0 Å². The van der Waals surface area contributed by atoms with Crippen molar-refractivity contribution in [2.24, 2.45) is 10.8 Å². The molecule has 3 rings (SSSR count). The molecule has 0 N–H and O–H groups in total. The molecule has 110 valence electrons. The van der Waals surface area contributed by atoms with Crippen molar-refractivity contribution in [2.45, 2.75) is 78.6 Å². The minimum absolute atomic E-state index is 0.221. The summed E-state index contributed by atoms with van der Waals surface area (Å²) >= 11 is 0. The quantitative estimate of drug-likeness (QED) is 0.577. The highest BCUT2D eigenvalue weighted by atomic mass is 14.7. The third-order valence-corrected chi connectivity index (χ3v) is 8.54. The average molecular weight is 270 g/mol. The van der Waals surface area contributed by atoms with Gasteiger partial charge >= 0.3 is 0 Å². The average Bonchev–Trinajstić information content (AvgIpc) is 2.54. The minimum atomic E-state index is 0.221. The molecule has 0 aromatic heterocycles. The fourth-order valence-electron chi connectivity index (χ4n) is 5.46. The highest BCUT2D eigenvalue weighted by molar-refractivity contribution is 5.61. The molecule has 0 unspecified atom stereocenters. The van der Waals surface area contributed by atoms with Gasteiger partial charge in [0.05, 0.1) is 0 Å². The molecule has 0 amide bonds. The van der Waals surface area contributed by atoms with Crippen LogP contribution in [0.4, 0.5) is 0 Å². The molecule has 0 saturated heterocycles. The van der Waals surface area contributed by atoms with Crippen molar-refractivity contribution in [3.05, 3.63) is 34.9 Å². The maximum atomic E-state index is 2.53. The van der Waals surface area contributed by atoms with Crippen molar-refractivity contribution < 1.29 is 0 Å². The van der Waals surface area contributed by atoms with E-state index in [0.717, 1.165) is 0 Å². The Kier molecular flexibility index (Phi) is 2.25. The van der Waals surface area contributed by atoms with Crippen LogP contribution < -0.4 is 0 Å². The molecule has 0 heteroatoms. The van der Waals surface area contributed by atoms with Crippen molar-refractivity contribution in [3.8, 4) is 0 Å². The monoisotopic (exact) mass is 270 g/mol. The maximum absolute atomic E-state index is 2.53. The summed E-state index contributed by atoms with van der Waals surface area (Å²) in [6, 6.07) is 7.04. The second-order valence-corrected chi connectivity index (χ2v) is 9.35. The fourth-order valence-corrected chi connectivity index (χ4v) is 5.46. The van der Waals surface area contributed by atoms with E-state index in [1.54, 1.807) is 16.7 Å². The van der Waals surface area contributed by atoms with Crippen molar-refractivity contribution in [2.75, 3.05) is 0 Å². The van der Waals surface area contributed by atoms with Crippen molar-refractivity contribution in [1.82, 2.24) is 0 Å². The standard InChI is InChI=1S/C20H30/c1-16(2)13-11-10-12-14-15(13)20(9,18(16,5)6)19(7,8)17(14,3)4/h10-12H,1-9H3. The zero-order chi connectivity index (χ0) is 15.4. The Labute approximate surface area is 125 Å². The summed E-state index contributed by atoms with van der Waals surface area (Å²) < 4.78 is 0. The van der Waals surface area contributed by atoms with Crippen LogP contribution in [0.2, 0.25) is 0 Å². The molecule has 0 bridgehead atoms. The minimum Gasteiger partial charge on any atom is -0.0617 e. The van der Waals surface area contributed by atoms with Gasteiger partial charge < -0.3 is 0 Å². The predicted octanol–water partition coefficient (Wildman–Crippen LogP) is 5.58. The normalized spacial score (nSPS) is 29.2. The summed E-state index contributed by atoms with van der Waals surface area (Å²) in [6.07, 6.45) is 0. The molecule has 2 aliphatic rings. The van der Waals surface area contributed by atoms with Crippen LogP contribution >= 0.6 is 0 Å². The lowest BCUT2D eigenvalue weighted by atomic mass is 9.47. The first-order valence-corrected chi connectivity index (χ1v) is 7.99. The van der Waals surface area contributed by atoms with Gasteiger partial charge in [-0.3, -0.25) is 0 Å². The van der Waals surface area contributed by atoms with E-state index >= 15 is 0 Å². The highest BCUT2D eigenvalue weighted by Crippen LogP contribution is 2.75. The predicted molar refractivity (Wildman–Crippen MR) is 87.4 cm³/mol. The van der Waals surface area contributed by atoms with Gasteiger partial charge in [0, 0.05) is 5.41 Å². The van der Waals surface area contributed by atoms with Gasteiger partial charge in [-0.2, -0.15) is 0 Å². The zero-order valence-corrected chi connectivity index (χ0v) is 14.7. The van der Waals surface area contributed by atoms with Gasteiger partial charge in [-0.25, -0.2) is 0 Å². The summed E-state index contributed by atoms with van der Waals surface area (Å²) in [5.41, 5.74) is 5.98. The lowest BCUT2D eigenvalue weighted by Crippen LogP contribution is -2.54. The second-order valence-electron chi connectivity index (χ2n) is 9.35. The van der Waals surface area contributed by atoms with Gasteiger partial charge in [0.15, 0.2) is 0 Å². The summed E-state index contributed by atoms with van der Waals surface area (Å²) in [6.45, 7) is 22.2. The second kappa shape index (κ2) is 3.18. The van der Waals surface area contributed by atoms with E-state index in [-0.39, 0.29) is 27.1 Å². The highest BCUT2D eigenvalue weighted by Gasteiger charge is 2.71. The zero-order valence-electron chi connectivity index (χ0n) is 14.7. The Balaban J connectivity index is 2.53. The van der Waals surface area contributed by atoms with Crippen molar-refractivity contribution in [3.63, 3.8) is 0 Å². The van der Waals surface area contributed by atoms with E-state index in [1.807, 2.05) is 0 Å². The molecule has 0 nitrogen and oxygen atoms in total. The topological polar surface area (TPSA) is 0 Å². The van der Waals surface area contributed by atoms with Gasteiger partial charge in [0.2, 0.25) is 0 Å². The smallest absolute Gasteiger partial charge is 0.00494 e. The Hall–Kier alpha value is -0.780. The lowest BCUT2D eigenvalue weighted by Gasteiger charge is -2.56. The van der Waals surface area contributed by atoms with Crippen LogP contribution in [-0.4, -0.2) is 0 Å². The van der Waals surface area contributed by atoms with E-state index in [2.05, 4.69) is 80.5 Å². The molecule has 1 aromatic carbocycles. The Bertz CT molecular complexity index is 550. The molecule has 2 aliphatic carbocycles. The first-order valence-electron chi connectivity index (χ1n) is 7.99.